The molecule has 3 N–H and O–H groups in total. The fraction of sp³-hybridized carbons (Fsp3) is 0.222. The van der Waals surface area contributed by atoms with Crippen molar-refractivity contribution in [1.82, 2.24) is 0 Å². The van der Waals surface area contributed by atoms with Crippen molar-refractivity contribution in [2.45, 2.75) is 11.7 Å². The number of alkyl halides is 3. The van der Waals surface area contributed by atoms with Crippen molar-refractivity contribution in [3.8, 4) is 0 Å². The van der Waals surface area contributed by atoms with E-state index in [2.05, 4.69) is 0 Å². The Bertz CT molecular complexity index is 404. The standard InChI is InChI=1S/C9H7ClF3NO2/c10-6-3-1-5(2-4-6)8(14,7(15)16)9(11,12)13/h1-4H,14H2,(H,15,16)/t8-/m0/s1. The molecule has 0 aliphatic heterocycles. The van der Waals surface area contributed by atoms with Gasteiger partial charge in [-0.1, -0.05) is 23.7 Å². The number of aliphatic carboxylic acids is 1. The van der Waals surface area contributed by atoms with E-state index in [-0.39, 0.29) is 5.02 Å². The minimum Gasteiger partial charge on any atom is -0.479 e. The second-order valence-electron chi connectivity index (χ2n) is 3.12. The highest BCUT2D eigenvalue weighted by Crippen LogP contribution is 2.37. The molecule has 0 amide bonds. The maximum absolute atomic E-state index is 12.6. The Morgan fingerprint density at radius 2 is 1.69 bits per heavy atom. The predicted molar refractivity (Wildman–Crippen MR) is 51.0 cm³/mol. The van der Waals surface area contributed by atoms with Gasteiger partial charge in [-0.25, -0.2) is 4.79 Å². The lowest BCUT2D eigenvalue weighted by Gasteiger charge is -2.27. The molecule has 0 unspecified atom stereocenters. The summed E-state index contributed by atoms with van der Waals surface area (Å²) in [5, 5.41) is 8.81. The third-order valence-corrected chi connectivity index (χ3v) is 2.34. The van der Waals surface area contributed by atoms with Crippen LogP contribution < -0.4 is 5.73 Å². The van der Waals surface area contributed by atoms with Crippen LogP contribution in [-0.2, 0) is 10.3 Å². The second kappa shape index (κ2) is 3.95. The van der Waals surface area contributed by atoms with Crippen LogP contribution in [0.1, 0.15) is 5.56 Å². The quantitative estimate of drug-likeness (QED) is 0.849. The number of benzene rings is 1. The van der Waals surface area contributed by atoms with Crippen LogP contribution in [0, 0.1) is 0 Å². The van der Waals surface area contributed by atoms with Gasteiger partial charge < -0.3 is 10.8 Å². The maximum atomic E-state index is 12.6. The third kappa shape index (κ3) is 1.98. The van der Waals surface area contributed by atoms with Crippen molar-refractivity contribution < 1.29 is 23.1 Å². The topological polar surface area (TPSA) is 63.3 Å². The van der Waals surface area contributed by atoms with Crippen molar-refractivity contribution in [3.05, 3.63) is 34.9 Å². The fourth-order valence-corrected chi connectivity index (χ4v) is 1.25. The maximum Gasteiger partial charge on any atom is 0.421 e. The smallest absolute Gasteiger partial charge is 0.421 e. The van der Waals surface area contributed by atoms with E-state index < -0.39 is 23.2 Å². The molecule has 0 heterocycles. The Kier molecular flexibility index (Phi) is 3.16. The van der Waals surface area contributed by atoms with Gasteiger partial charge in [0, 0.05) is 5.02 Å². The Hall–Kier alpha value is -1.27. The molecule has 88 valence electrons. The molecule has 1 atom stereocenters. The first-order valence-electron chi connectivity index (χ1n) is 4.04. The van der Waals surface area contributed by atoms with E-state index in [1.165, 1.54) is 0 Å². The largest absolute Gasteiger partial charge is 0.479 e. The number of hydrogen-bond donors (Lipinski definition) is 2. The molecule has 0 aliphatic carbocycles. The Balaban J connectivity index is 3.34. The van der Waals surface area contributed by atoms with Gasteiger partial charge in [0.2, 0.25) is 5.54 Å². The summed E-state index contributed by atoms with van der Waals surface area (Å²) in [6.07, 6.45) is -5.09. The summed E-state index contributed by atoms with van der Waals surface area (Å²) in [5.74, 6) is -2.16. The number of rotatable bonds is 2. The first-order chi connectivity index (χ1) is 7.19. The van der Waals surface area contributed by atoms with E-state index in [4.69, 9.17) is 22.4 Å². The van der Waals surface area contributed by atoms with Crippen LogP contribution in [0.25, 0.3) is 0 Å². The van der Waals surface area contributed by atoms with Gasteiger partial charge in [0.1, 0.15) is 0 Å². The minimum atomic E-state index is -5.09. The summed E-state index contributed by atoms with van der Waals surface area (Å²) >= 11 is 5.49. The average Bonchev–Trinajstić information content (AvgIpc) is 2.15. The summed E-state index contributed by atoms with van der Waals surface area (Å²) in [4.78, 5) is 10.7. The third-order valence-electron chi connectivity index (χ3n) is 2.08. The summed E-state index contributed by atoms with van der Waals surface area (Å²) in [6.45, 7) is 0. The van der Waals surface area contributed by atoms with Crippen LogP contribution in [0.2, 0.25) is 5.02 Å². The highest BCUT2D eigenvalue weighted by molar-refractivity contribution is 6.30. The molecular formula is C9H7ClF3NO2. The molecule has 0 fully saturated rings. The van der Waals surface area contributed by atoms with E-state index in [1.807, 2.05) is 0 Å². The normalized spacial score (nSPS) is 15.6. The molecule has 0 aliphatic rings. The summed E-state index contributed by atoms with van der Waals surface area (Å²) in [5.41, 5.74) is 0.930. The Morgan fingerprint density at radius 3 is 2.00 bits per heavy atom. The highest BCUT2D eigenvalue weighted by atomic mass is 35.5. The van der Waals surface area contributed by atoms with E-state index in [0.717, 1.165) is 24.3 Å². The molecule has 0 radical (unpaired) electrons. The molecule has 0 saturated carbocycles. The predicted octanol–water partition coefficient (Wildman–Crippen LogP) is 2.14. The number of carboxylic acids is 1. The first-order valence-corrected chi connectivity index (χ1v) is 4.42. The van der Waals surface area contributed by atoms with Gasteiger partial charge >= 0.3 is 12.1 Å². The Labute approximate surface area is 93.6 Å². The van der Waals surface area contributed by atoms with E-state index in [1.54, 1.807) is 0 Å². The van der Waals surface area contributed by atoms with Gasteiger partial charge in [0.05, 0.1) is 0 Å². The van der Waals surface area contributed by atoms with Crippen molar-refractivity contribution in [1.29, 1.82) is 0 Å². The molecule has 0 spiro atoms. The van der Waals surface area contributed by atoms with E-state index in [0.29, 0.717) is 0 Å². The zero-order valence-corrected chi connectivity index (χ0v) is 8.51. The van der Waals surface area contributed by atoms with Gasteiger partial charge in [-0.2, -0.15) is 13.2 Å². The number of hydrogen-bond acceptors (Lipinski definition) is 2. The van der Waals surface area contributed by atoms with Crippen molar-refractivity contribution in [3.63, 3.8) is 0 Å². The molecule has 3 nitrogen and oxygen atoms in total. The van der Waals surface area contributed by atoms with Crippen LogP contribution in [0.4, 0.5) is 13.2 Å². The first kappa shape index (κ1) is 12.8. The van der Waals surface area contributed by atoms with Crippen molar-refractivity contribution in [2.24, 2.45) is 5.73 Å². The number of halogens is 4. The van der Waals surface area contributed by atoms with Crippen molar-refractivity contribution in [2.75, 3.05) is 0 Å². The Morgan fingerprint density at radius 1 is 1.25 bits per heavy atom. The van der Waals surface area contributed by atoms with Crippen LogP contribution in [0.5, 0.6) is 0 Å². The molecule has 7 heteroatoms. The van der Waals surface area contributed by atoms with Gasteiger partial charge in [0.15, 0.2) is 0 Å². The highest BCUT2D eigenvalue weighted by Gasteiger charge is 2.59. The molecule has 0 aromatic heterocycles. The van der Waals surface area contributed by atoms with Crippen molar-refractivity contribution >= 4 is 17.6 Å². The van der Waals surface area contributed by atoms with E-state index >= 15 is 0 Å². The molecule has 1 rings (SSSR count). The van der Waals surface area contributed by atoms with Gasteiger partial charge in [0.25, 0.3) is 0 Å². The monoisotopic (exact) mass is 253 g/mol. The van der Waals surface area contributed by atoms with Crippen LogP contribution in [-0.4, -0.2) is 17.3 Å². The zero-order chi connectivity index (χ0) is 12.6. The number of nitrogens with two attached hydrogens (primary N) is 1. The van der Waals surface area contributed by atoms with Crippen LogP contribution >= 0.6 is 11.6 Å². The summed E-state index contributed by atoms with van der Waals surface area (Å²) in [7, 11) is 0. The van der Waals surface area contributed by atoms with Gasteiger partial charge in [-0.15, -0.1) is 0 Å². The lowest BCUT2D eigenvalue weighted by atomic mass is 9.90. The average molecular weight is 254 g/mol. The lowest BCUT2D eigenvalue weighted by molar-refractivity contribution is -0.204. The van der Waals surface area contributed by atoms with E-state index in [9.17, 15) is 18.0 Å². The molecule has 1 aromatic carbocycles. The molecule has 0 bridgehead atoms. The molecule has 1 aromatic rings. The second-order valence-corrected chi connectivity index (χ2v) is 3.55. The zero-order valence-electron chi connectivity index (χ0n) is 7.75. The fourth-order valence-electron chi connectivity index (χ4n) is 1.12. The number of carbonyl (C=O) groups is 1. The molecular weight excluding hydrogens is 247 g/mol. The minimum absolute atomic E-state index is 0.193. The van der Waals surface area contributed by atoms with Gasteiger partial charge in [-0.05, 0) is 17.7 Å². The van der Waals surface area contributed by atoms with Crippen LogP contribution in [0.15, 0.2) is 24.3 Å². The number of carboxylic acid groups (broad SMARTS) is 1. The van der Waals surface area contributed by atoms with Crippen LogP contribution in [0.3, 0.4) is 0 Å². The van der Waals surface area contributed by atoms with Gasteiger partial charge in [-0.3, -0.25) is 0 Å². The summed E-state index contributed by atoms with van der Waals surface area (Å²) < 4.78 is 37.8. The molecule has 0 saturated heterocycles. The SMILES string of the molecule is N[C@](C(=O)O)(c1ccc(Cl)cc1)C(F)(F)F. The molecule has 16 heavy (non-hydrogen) atoms. The summed E-state index contributed by atoms with van der Waals surface area (Å²) in [6, 6.07) is 4.16. The lowest BCUT2D eigenvalue weighted by Crippen LogP contribution is -2.56.